The first-order chi connectivity index (χ1) is 12.5. The third-order valence-electron chi connectivity index (χ3n) is 4.58. The predicted molar refractivity (Wildman–Crippen MR) is 103 cm³/mol. The van der Waals surface area contributed by atoms with Gasteiger partial charge in [-0.3, -0.25) is 9.59 Å². The maximum Gasteiger partial charge on any atom is 0.229 e. The highest BCUT2D eigenvalue weighted by molar-refractivity contribution is 6.31. The van der Waals surface area contributed by atoms with E-state index < -0.39 is 5.92 Å². The molecule has 0 bridgehead atoms. The summed E-state index contributed by atoms with van der Waals surface area (Å²) in [5, 5.41) is 3.34. The largest absolute Gasteiger partial charge is 0.495 e. The van der Waals surface area contributed by atoms with Crippen LogP contribution in [0.5, 0.6) is 5.75 Å². The smallest absolute Gasteiger partial charge is 0.229 e. The van der Waals surface area contributed by atoms with E-state index in [4.69, 9.17) is 16.3 Å². The van der Waals surface area contributed by atoms with Crippen molar-refractivity contribution in [1.82, 2.24) is 0 Å². The van der Waals surface area contributed by atoms with Crippen LogP contribution in [0.4, 0.5) is 11.4 Å². The highest BCUT2D eigenvalue weighted by atomic mass is 35.5. The van der Waals surface area contributed by atoms with E-state index in [2.05, 4.69) is 12.2 Å². The van der Waals surface area contributed by atoms with Crippen LogP contribution in [-0.2, 0) is 16.0 Å². The fourth-order valence-electron chi connectivity index (χ4n) is 3.20. The number of amides is 2. The molecule has 1 fully saturated rings. The molecule has 1 heterocycles. The minimum atomic E-state index is -0.420. The van der Waals surface area contributed by atoms with Crippen LogP contribution < -0.4 is 15.0 Å². The lowest BCUT2D eigenvalue weighted by molar-refractivity contribution is -0.122. The summed E-state index contributed by atoms with van der Waals surface area (Å²) in [7, 11) is 1.53. The first-order valence-electron chi connectivity index (χ1n) is 8.56. The third-order valence-corrected chi connectivity index (χ3v) is 4.81. The highest BCUT2D eigenvalue weighted by Crippen LogP contribution is 2.31. The lowest BCUT2D eigenvalue weighted by Crippen LogP contribution is -2.28. The summed E-state index contributed by atoms with van der Waals surface area (Å²) >= 11 is 6.01. The van der Waals surface area contributed by atoms with Gasteiger partial charge in [0.25, 0.3) is 0 Å². The van der Waals surface area contributed by atoms with Gasteiger partial charge in [-0.25, -0.2) is 0 Å². The van der Waals surface area contributed by atoms with Gasteiger partial charge >= 0.3 is 0 Å². The Hall–Kier alpha value is -2.53. The van der Waals surface area contributed by atoms with E-state index in [0.717, 1.165) is 17.7 Å². The predicted octanol–water partition coefficient (Wildman–Crippen LogP) is 3.90. The van der Waals surface area contributed by atoms with Crippen molar-refractivity contribution in [3.63, 3.8) is 0 Å². The summed E-state index contributed by atoms with van der Waals surface area (Å²) < 4.78 is 5.25. The van der Waals surface area contributed by atoms with Crippen LogP contribution >= 0.6 is 11.6 Å². The topological polar surface area (TPSA) is 58.6 Å². The number of benzene rings is 2. The fraction of sp³-hybridized carbons (Fsp3) is 0.300. The molecule has 6 heteroatoms. The molecular formula is C20H21ClN2O3. The normalized spacial score (nSPS) is 16.7. The summed E-state index contributed by atoms with van der Waals surface area (Å²) in [4.78, 5) is 26.9. The van der Waals surface area contributed by atoms with Gasteiger partial charge in [0, 0.05) is 23.7 Å². The third kappa shape index (κ3) is 3.68. The second-order valence-electron chi connectivity index (χ2n) is 6.22. The van der Waals surface area contributed by atoms with Crippen molar-refractivity contribution >= 4 is 34.8 Å². The second-order valence-corrected chi connectivity index (χ2v) is 6.66. The van der Waals surface area contributed by atoms with Crippen LogP contribution in [0.1, 0.15) is 18.9 Å². The van der Waals surface area contributed by atoms with Gasteiger partial charge in [-0.1, -0.05) is 36.7 Å². The van der Waals surface area contributed by atoms with E-state index in [0.29, 0.717) is 23.0 Å². The Labute approximate surface area is 157 Å². The van der Waals surface area contributed by atoms with Gasteiger partial charge in [0.1, 0.15) is 5.75 Å². The number of ether oxygens (including phenoxy) is 1. The van der Waals surface area contributed by atoms with Crippen LogP contribution in [0.2, 0.25) is 5.02 Å². The number of carbonyl (C=O) groups excluding carboxylic acids is 2. The Morgan fingerprint density at radius 1 is 1.31 bits per heavy atom. The van der Waals surface area contributed by atoms with Gasteiger partial charge < -0.3 is 15.0 Å². The quantitative estimate of drug-likeness (QED) is 0.865. The summed E-state index contributed by atoms with van der Waals surface area (Å²) in [5.41, 5.74) is 2.49. The number of aryl methyl sites for hydroxylation is 1. The van der Waals surface area contributed by atoms with E-state index in [1.807, 2.05) is 24.3 Å². The number of methoxy groups -OCH3 is 1. The number of nitrogens with one attached hydrogen (secondary N) is 1. The molecule has 2 amide bonds. The Kier molecular flexibility index (Phi) is 5.47. The van der Waals surface area contributed by atoms with Crippen LogP contribution in [0.25, 0.3) is 0 Å². The summed E-state index contributed by atoms with van der Waals surface area (Å²) in [6, 6.07) is 12.8. The molecule has 0 spiro atoms. The van der Waals surface area contributed by atoms with Crippen LogP contribution in [0.3, 0.4) is 0 Å². The molecule has 0 unspecified atom stereocenters. The fourth-order valence-corrected chi connectivity index (χ4v) is 3.37. The molecule has 0 saturated carbocycles. The first kappa shape index (κ1) is 18.3. The minimum Gasteiger partial charge on any atom is -0.495 e. The molecule has 2 aromatic carbocycles. The molecule has 1 saturated heterocycles. The molecule has 0 aromatic heterocycles. The van der Waals surface area contributed by atoms with Crippen molar-refractivity contribution < 1.29 is 14.3 Å². The average molecular weight is 373 g/mol. The van der Waals surface area contributed by atoms with Crippen LogP contribution in [-0.4, -0.2) is 25.5 Å². The molecule has 1 atom stereocenters. The summed E-state index contributed by atoms with van der Waals surface area (Å²) in [6.07, 6.45) is 1.02. The summed E-state index contributed by atoms with van der Waals surface area (Å²) in [5.74, 6) is -0.143. The number of anilines is 2. The van der Waals surface area contributed by atoms with Gasteiger partial charge in [0.05, 0.1) is 18.7 Å². The molecule has 2 aromatic rings. The van der Waals surface area contributed by atoms with Crippen LogP contribution in [0, 0.1) is 5.92 Å². The molecule has 136 valence electrons. The number of nitrogens with zero attached hydrogens (tertiary/aromatic N) is 1. The van der Waals surface area contributed by atoms with Crippen molar-refractivity contribution in [2.24, 2.45) is 5.92 Å². The number of hydrogen-bond donors (Lipinski definition) is 1. The number of para-hydroxylation sites is 1. The summed E-state index contributed by atoms with van der Waals surface area (Å²) in [6.45, 7) is 2.42. The van der Waals surface area contributed by atoms with E-state index >= 15 is 0 Å². The molecule has 1 aliphatic rings. The molecule has 26 heavy (non-hydrogen) atoms. The molecule has 0 radical (unpaired) electrons. The Balaban J connectivity index is 1.76. The molecule has 3 rings (SSSR count). The van der Waals surface area contributed by atoms with Crippen molar-refractivity contribution in [2.45, 2.75) is 19.8 Å². The highest BCUT2D eigenvalue weighted by Gasteiger charge is 2.36. The lowest BCUT2D eigenvalue weighted by Gasteiger charge is -2.20. The van der Waals surface area contributed by atoms with Gasteiger partial charge in [0.15, 0.2) is 0 Å². The standard InChI is InChI=1S/C20H21ClN2O3/c1-3-13-6-4-5-7-17(13)23-12-14(10-19(23)24)20(25)22-16-11-15(21)8-9-18(16)26-2/h4-9,11,14H,3,10,12H2,1-2H3,(H,22,25)/t14-/m0/s1. The molecule has 1 N–H and O–H groups in total. The monoisotopic (exact) mass is 372 g/mol. The molecule has 1 aliphatic heterocycles. The lowest BCUT2D eigenvalue weighted by atomic mass is 10.1. The zero-order valence-electron chi connectivity index (χ0n) is 14.8. The Morgan fingerprint density at radius 3 is 2.81 bits per heavy atom. The van der Waals surface area contributed by atoms with Gasteiger partial charge in [-0.15, -0.1) is 0 Å². The minimum absolute atomic E-state index is 0.0379. The molecular weight excluding hydrogens is 352 g/mol. The number of carbonyl (C=O) groups is 2. The Morgan fingerprint density at radius 2 is 2.08 bits per heavy atom. The Bertz CT molecular complexity index is 838. The van der Waals surface area contributed by atoms with E-state index in [-0.39, 0.29) is 18.2 Å². The van der Waals surface area contributed by atoms with Crippen molar-refractivity contribution in [1.29, 1.82) is 0 Å². The van der Waals surface area contributed by atoms with E-state index in [9.17, 15) is 9.59 Å². The second kappa shape index (κ2) is 7.79. The van der Waals surface area contributed by atoms with Crippen molar-refractivity contribution in [3.8, 4) is 5.75 Å². The van der Waals surface area contributed by atoms with Crippen LogP contribution in [0.15, 0.2) is 42.5 Å². The zero-order chi connectivity index (χ0) is 18.7. The van der Waals surface area contributed by atoms with Crippen molar-refractivity contribution in [2.75, 3.05) is 23.9 Å². The van der Waals surface area contributed by atoms with E-state index in [1.165, 1.54) is 7.11 Å². The van der Waals surface area contributed by atoms with Crippen molar-refractivity contribution in [3.05, 3.63) is 53.1 Å². The first-order valence-corrected chi connectivity index (χ1v) is 8.94. The maximum atomic E-state index is 12.7. The number of rotatable bonds is 5. The van der Waals surface area contributed by atoms with Gasteiger partial charge in [-0.2, -0.15) is 0 Å². The average Bonchev–Trinajstić information content (AvgIpc) is 3.03. The van der Waals surface area contributed by atoms with E-state index in [1.54, 1.807) is 23.1 Å². The number of halogens is 1. The SMILES string of the molecule is CCc1ccccc1N1C[C@@H](C(=O)Nc2cc(Cl)ccc2OC)CC1=O. The van der Waals surface area contributed by atoms with Gasteiger partial charge in [0.2, 0.25) is 11.8 Å². The number of hydrogen-bond acceptors (Lipinski definition) is 3. The zero-order valence-corrected chi connectivity index (χ0v) is 15.5. The maximum absolute atomic E-state index is 12.7. The molecule has 0 aliphatic carbocycles. The van der Waals surface area contributed by atoms with Gasteiger partial charge in [-0.05, 0) is 36.2 Å². The molecule has 5 nitrogen and oxygen atoms in total.